The lowest BCUT2D eigenvalue weighted by Gasteiger charge is -2.37. The van der Waals surface area contributed by atoms with Crippen molar-refractivity contribution in [3.63, 3.8) is 0 Å². The molecule has 0 unspecified atom stereocenters. The molecule has 0 radical (unpaired) electrons. The fourth-order valence-electron chi connectivity index (χ4n) is 3.70. The third kappa shape index (κ3) is 2.43. The molecule has 0 amide bonds. The zero-order valence-corrected chi connectivity index (χ0v) is 14.6. The van der Waals surface area contributed by atoms with E-state index < -0.39 is 5.82 Å². The molecule has 1 fully saturated rings. The first-order valence-corrected chi connectivity index (χ1v) is 8.61. The zero-order valence-electron chi connectivity index (χ0n) is 14.6. The van der Waals surface area contributed by atoms with Crippen LogP contribution in [0, 0.1) is 5.82 Å². The van der Waals surface area contributed by atoms with Crippen LogP contribution in [0.5, 0.6) is 5.75 Å². The van der Waals surface area contributed by atoms with E-state index in [9.17, 15) is 4.79 Å². The Morgan fingerprint density at radius 3 is 2.72 bits per heavy atom. The molecule has 0 spiro atoms. The van der Waals surface area contributed by atoms with Crippen molar-refractivity contribution in [1.82, 2.24) is 9.47 Å². The summed E-state index contributed by atoms with van der Waals surface area (Å²) in [5.74, 6) is 0.0943. The highest BCUT2D eigenvalue weighted by molar-refractivity contribution is 5.93. The lowest BCUT2D eigenvalue weighted by molar-refractivity contribution is 0.245. The number of rotatable bonds is 2. The second-order valence-electron chi connectivity index (χ2n) is 6.91. The molecule has 1 saturated heterocycles. The minimum Gasteiger partial charge on any atom is -0.487 e. The molecular formula is C19H22FN3O2. The molecular weight excluding hydrogens is 321 g/mol. The molecule has 3 heterocycles. The van der Waals surface area contributed by atoms with Crippen LogP contribution in [-0.2, 0) is 0 Å². The number of hydrogen-bond donors (Lipinski definition) is 0. The maximum absolute atomic E-state index is 15.0. The SMILES string of the molecule is C=Cc1cn2c3c(c(N4CCN(C)CC4)c(F)cc3c1=O)OC[C@@H]2C. The van der Waals surface area contributed by atoms with E-state index in [0.717, 1.165) is 26.2 Å². The number of ether oxygens (including phenoxy) is 1. The molecule has 0 aliphatic carbocycles. The highest BCUT2D eigenvalue weighted by Gasteiger charge is 2.29. The van der Waals surface area contributed by atoms with Crippen molar-refractivity contribution < 1.29 is 9.13 Å². The number of benzene rings is 1. The van der Waals surface area contributed by atoms with Gasteiger partial charge in [0.1, 0.15) is 12.3 Å². The van der Waals surface area contributed by atoms with Crippen molar-refractivity contribution in [3.8, 4) is 5.75 Å². The summed E-state index contributed by atoms with van der Waals surface area (Å²) in [4.78, 5) is 16.9. The van der Waals surface area contributed by atoms with Gasteiger partial charge in [0.15, 0.2) is 17.0 Å². The molecule has 132 valence electrons. The van der Waals surface area contributed by atoms with Gasteiger partial charge in [0.2, 0.25) is 0 Å². The van der Waals surface area contributed by atoms with Crippen LogP contribution in [0.4, 0.5) is 10.1 Å². The van der Waals surface area contributed by atoms with Gasteiger partial charge in [-0.2, -0.15) is 0 Å². The molecule has 6 heteroatoms. The molecule has 1 atom stereocenters. The minimum atomic E-state index is -0.397. The second-order valence-corrected chi connectivity index (χ2v) is 6.91. The molecule has 4 rings (SSSR count). The molecule has 0 saturated carbocycles. The Kier molecular flexibility index (Phi) is 3.80. The van der Waals surface area contributed by atoms with Crippen molar-refractivity contribution in [2.75, 3.05) is 44.7 Å². The normalized spacial score (nSPS) is 20.6. The fraction of sp³-hybridized carbons (Fsp3) is 0.421. The molecule has 5 nitrogen and oxygen atoms in total. The Labute approximate surface area is 145 Å². The summed E-state index contributed by atoms with van der Waals surface area (Å²) in [6.45, 7) is 9.40. The van der Waals surface area contributed by atoms with Crippen molar-refractivity contribution in [3.05, 3.63) is 40.4 Å². The summed E-state index contributed by atoms with van der Waals surface area (Å²) >= 11 is 0. The lowest BCUT2D eigenvalue weighted by Crippen LogP contribution is -2.45. The van der Waals surface area contributed by atoms with Crippen LogP contribution in [0.3, 0.4) is 0 Å². The van der Waals surface area contributed by atoms with E-state index in [1.165, 1.54) is 12.1 Å². The number of piperazine rings is 1. The van der Waals surface area contributed by atoms with E-state index in [0.29, 0.717) is 34.5 Å². The number of anilines is 1. The molecule has 0 N–H and O–H groups in total. The standard InChI is InChI=1S/C19H22FN3O2/c1-4-13-10-23-12(2)11-25-19-16(23)14(18(13)24)9-15(20)17(19)22-7-5-21(3)6-8-22/h4,9-10,12H,1,5-8,11H2,2-3H3/t12-/m0/s1. The minimum absolute atomic E-state index is 0.0695. The third-order valence-corrected chi connectivity index (χ3v) is 5.21. The van der Waals surface area contributed by atoms with E-state index in [-0.39, 0.29) is 11.5 Å². The van der Waals surface area contributed by atoms with Crippen LogP contribution in [-0.4, -0.2) is 49.3 Å². The monoisotopic (exact) mass is 343 g/mol. The lowest BCUT2D eigenvalue weighted by atomic mass is 10.1. The van der Waals surface area contributed by atoms with Gasteiger partial charge in [-0.1, -0.05) is 12.7 Å². The summed E-state index contributed by atoms with van der Waals surface area (Å²) in [7, 11) is 2.06. The van der Waals surface area contributed by atoms with Gasteiger partial charge in [-0.25, -0.2) is 4.39 Å². The predicted molar refractivity (Wildman–Crippen MR) is 98.2 cm³/mol. The number of likely N-dealkylation sites (N-methyl/N-ethyl adjacent to an activating group) is 1. The van der Waals surface area contributed by atoms with E-state index >= 15 is 4.39 Å². The molecule has 2 aromatic rings. The first-order chi connectivity index (χ1) is 12.0. The van der Waals surface area contributed by atoms with Gasteiger partial charge in [-0.3, -0.25) is 4.79 Å². The van der Waals surface area contributed by atoms with Crippen molar-refractivity contribution in [1.29, 1.82) is 0 Å². The first-order valence-electron chi connectivity index (χ1n) is 8.61. The van der Waals surface area contributed by atoms with Gasteiger partial charge in [0.05, 0.1) is 16.9 Å². The first kappa shape index (κ1) is 16.1. The maximum atomic E-state index is 15.0. The Bertz CT molecular complexity index is 913. The molecule has 2 aliphatic heterocycles. The van der Waals surface area contributed by atoms with Gasteiger partial charge in [0, 0.05) is 37.9 Å². The zero-order chi connectivity index (χ0) is 17.7. The predicted octanol–water partition coefficient (Wildman–Crippen LogP) is 2.49. The van der Waals surface area contributed by atoms with Crippen LogP contribution in [0.1, 0.15) is 18.5 Å². The van der Waals surface area contributed by atoms with Crippen molar-refractivity contribution >= 4 is 22.7 Å². The number of nitrogens with zero attached hydrogens (tertiary/aromatic N) is 3. The van der Waals surface area contributed by atoms with Gasteiger partial charge < -0.3 is 19.1 Å². The van der Waals surface area contributed by atoms with Crippen molar-refractivity contribution in [2.24, 2.45) is 0 Å². The molecule has 1 aromatic heterocycles. The average Bonchev–Trinajstić information content (AvgIpc) is 2.60. The summed E-state index contributed by atoms with van der Waals surface area (Å²) in [6, 6.07) is 1.43. The van der Waals surface area contributed by atoms with Gasteiger partial charge in [-0.05, 0) is 20.0 Å². The molecule has 25 heavy (non-hydrogen) atoms. The maximum Gasteiger partial charge on any atom is 0.196 e. The topological polar surface area (TPSA) is 37.7 Å². The average molecular weight is 343 g/mol. The highest BCUT2D eigenvalue weighted by atomic mass is 19.1. The van der Waals surface area contributed by atoms with Crippen LogP contribution in [0.15, 0.2) is 23.6 Å². The Balaban J connectivity index is 2.00. The number of halogens is 1. The fourth-order valence-corrected chi connectivity index (χ4v) is 3.70. The van der Waals surface area contributed by atoms with Gasteiger partial charge in [0.25, 0.3) is 0 Å². The Morgan fingerprint density at radius 2 is 2.04 bits per heavy atom. The largest absolute Gasteiger partial charge is 0.487 e. The summed E-state index contributed by atoms with van der Waals surface area (Å²) in [5.41, 5.74) is 1.44. The van der Waals surface area contributed by atoms with Gasteiger partial charge >= 0.3 is 0 Å². The summed E-state index contributed by atoms with van der Waals surface area (Å²) < 4.78 is 23.0. The third-order valence-electron chi connectivity index (χ3n) is 5.21. The highest BCUT2D eigenvalue weighted by Crippen LogP contribution is 2.42. The Morgan fingerprint density at radius 1 is 1.32 bits per heavy atom. The summed E-state index contributed by atoms with van der Waals surface area (Å²) in [5, 5.41) is 0.356. The Hall–Kier alpha value is -2.34. The number of aromatic nitrogens is 1. The van der Waals surface area contributed by atoms with E-state index in [1.807, 2.05) is 16.4 Å². The van der Waals surface area contributed by atoms with Crippen LogP contribution >= 0.6 is 0 Å². The number of hydrogen-bond acceptors (Lipinski definition) is 4. The molecule has 2 aliphatic rings. The smallest absolute Gasteiger partial charge is 0.196 e. The summed E-state index contributed by atoms with van der Waals surface area (Å²) in [6.07, 6.45) is 3.33. The second kappa shape index (κ2) is 5.88. The quantitative estimate of drug-likeness (QED) is 0.840. The van der Waals surface area contributed by atoms with E-state index in [1.54, 1.807) is 6.20 Å². The molecule has 1 aromatic carbocycles. The van der Waals surface area contributed by atoms with Crippen LogP contribution in [0.2, 0.25) is 0 Å². The van der Waals surface area contributed by atoms with Gasteiger partial charge in [-0.15, -0.1) is 0 Å². The number of pyridine rings is 1. The van der Waals surface area contributed by atoms with Crippen LogP contribution in [0.25, 0.3) is 17.0 Å². The molecule has 0 bridgehead atoms. The van der Waals surface area contributed by atoms with E-state index in [2.05, 4.69) is 18.5 Å². The van der Waals surface area contributed by atoms with Crippen LogP contribution < -0.4 is 15.1 Å². The van der Waals surface area contributed by atoms with Crippen molar-refractivity contribution in [2.45, 2.75) is 13.0 Å². The van der Waals surface area contributed by atoms with E-state index in [4.69, 9.17) is 4.74 Å².